The van der Waals surface area contributed by atoms with Crippen LogP contribution in [-0.4, -0.2) is 26.9 Å². The average molecular weight is 351 g/mol. The molecule has 0 atom stereocenters. The predicted octanol–water partition coefficient (Wildman–Crippen LogP) is 3.63. The molecule has 0 amide bonds. The van der Waals surface area contributed by atoms with E-state index in [1.165, 1.54) is 0 Å². The number of thiazole rings is 1. The molecule has 0 fully saturated rings. The van der Waals surface area contributed by atoms with Gasteiger partial charge in [-0.05, 0) is 42.7 Å². The molecule has 25 heavy (non-hydrogen) atoms. The van der Waals surface area contributed by atoms with Crippen LogP contribution in [0.3, 0.4) is 0 Å². The largest absolute Gasteiger partial charge is 0.492 e. The molecule has 6 heteroatoms. The van der Waals surface area contributed by atoms with Crippen LogP contribution in [0.4, 0.5) is 0 Å². The van der Waals surface area contributed by atoms with Gasteiger partial charge in [-0.1, -0.05) is 0 Å². The van der Waals surface area contributed by atoms with Crippen molar-refractivity contribution in [1.29, 1.82) is 0 Å². The maximum Gasteiger partial charge on any atom is 0.189 e. The van der Waals surface area contributed by atoms with Gasteiger partial charge in [0.15, 0.2) is 5.78 Å². The zero-order valence-electron chi connectivity index (χ0n) is 13.6. The SMILES string of the molecule is O=C1C(=Cc2nccs2)CCc2cc(OCCn3ccnc3)ccc21. The van der Waals surface area contributed by atoms with Gasteiger partial charge in [0, 0.05) is 35.1 Å². The summed E-state index contributed by atoms with van der Waals surface area (Å²) >= 11 is 1.54. The number of fused-ring (bicyclic) bond motifs is 1. The van der Waals surface area contributed by atoms with E-state index in [-0.39, 0.29) is 5.78 Å². The minimum Gasteiger partial charge on any atom is -0.492 e. The van der Waals surface area contributed by atoms with Gasteiger partial charge in [0.2, 0.25) is 0 Å². The molecule has 0 unspecified atom stereocenters. The molecule has 0 aliphatic heterocycles. The van der Waals surface area contributed by atoms with Crippen molar-refractivity contribution in [2.24, 2.45) is 0 Å². The van der Waals surface area contributed by atoms with Crippen molar-refractivity contribution >= 4 is 23.2 Å². The first-order valence-corrected chi connectivity index (χ1v) is 9.04. The van der Waals surface area contributed by atoms with Crippen LogP contribution in [0.5, 0.6) is 5.75 Å². The lowest BCUT2D eigenvalue weighted by Crippen LogP contribution is -2.14. The van der Waals surface area contributed by atoms with Crippen LogP contribution in [0.25, 0.3) is 6.08 Å². The first kappa shape index (κ1) is 15.8. The number of rotatable bonds is 5. The zero-order valence-corrected chi connectivity index (χ0v) is 14.4. The number of nitrogens with zero attached hydrogens (tertiary/aromatic N) is 3. The van der Waals surface area contributed by atoms with Crippen LogP contribution in [0.15, 0.2) is 54.1 Å². The second-order valence-electron chi connectivity index (χ2n) is 5.84. The van der Waals surface area contributed by atoms with Crippen LogP contribution in [0.2, 0.25) is 0 Å². The molecule has 3 aromatic rings. The summed E-state index contributed by atoms with van der Waals surface area (Å²) in [4.78, 5) is 20.9. The summed E-state index contributed by atoms with van der Waals surface area (Å²) in [5.41, 5.74) is 2.66. The smallest absolute Gasteiger partial charge is 0.189 e. The molecule has 4 rings (SSSR count). The molecule has 5 nitrogen and oxygen atoms in total. The van der Waals surface area contributed by atoms with Gasteiger partial charge < -0.3 is 9.30 Å². The lowest BCUT2D eigenvalue weighted by molar-refractivity contribution is 0.102. The molecule has 0 N–H and O–H groups in total. The molecule has 0 saturated heterocycles. The average Bonchev–Trinajstić information content (AvgIpc) is 3.31. The van der Waals surface area contributed by atoms with Crippen molar-refractivity contribution < 1.29 is 9.53 Å². The Labute approximate surface area is 149 Å². The highest BCUT2D eigenvalue weighted by molar-refractivity contribution is 7.10. The molecule has 0 radical (unpaired) electrons. The van der Waals surface area contributed by atoms with E-state index in [1.54, 1.807) is 30.1 Å². The second kappa shape index (κ2) is 7.03. The number of carbonyl (C=O) groups is 1. The highest BCUT2D eigenvalue weighted by atomic mass is 32.1. The van der Waals surface area contributed by atoms with E-state index in [0.29, 0.717) is 6.61 Å². The van der Waals surface area contributed by atoms with Crippen molar-refractivity contribution in [3.63, 3.8) is 0 Å². The summed E-state index contributed by atoms with van der Waals surface area (Å²) in [6, 6.07) is 5.73. The highest BCUT2D eigenvalue weighted by Gasteiger charge is 2.22. The van der Waals surface area contributed by atoms with Crippen LogP contribution < -0.4 is 4.74 Å². The molecular formula is C19H17N3O2S. The number of ether oxygens (including phenoxy) is 1. The zero-order chi connectivity index (χ0) is 17.1. The maximum absolute atomic E-state index is 12.7. The van der Waals surface area contributed by atoms with Gasteiger partial charge in [-0.25, -0.2) is 9.97 Å². The van der Waals surface area contributed by atoms with Gasteiger partial charge in [-0.15, -0.1) is 11.3 Å². The number of aromatic nitrogens is 3. The Balaban J connectivity index is 1.46. The minimum absolute atomic E-state index is 0.0985. The second-order valence-corrected chi connectivity index (χ2v) is 6.76. The number of carbonyl (C=O) groups excluding carboxylic acids is 1. The molecule has 0 spiro atoms. The number of benzene rings is 1. The van der Waals surface area contributed by atoms with E-state index in [1.807, 2.05) is 40.4 Å². The number of ketones is 1. The monoisotopic (exact) mass is 351 g/mol. The van der Waals surface area contributed by atoms with Crippen molar-refractivity contribution in [3.8, 4) is 5.75 Å². The van der Waals surface area contributed by atoms with Gasteiger partial charge in [0.25, 0.3) is 0 Å². The summed E-state index contributed by atoms with van der Waals surface area (Å²) < 4.78 is 7.78. The van der Waals surface area contributed by atoms with Gasteiger partial charge in [-0.2, -0.15) is 0 Å². The van der Waals surface area contributed by atoms with E-state index >= 15 is 0 Å². The highest BCUT2D eigenvalue weighted by Crippen LogP contribution is 2.29. The van der Waals surface area contributed by atoms with Gasteiger partial charge in [-0.3, -0.25) is 4.79 Å². The van der Waals surface area contributed by atoms with Gasteiger partial charge in [0.05, 0.1) is 12.9 Å². The van der Waals surface area contributed by atoms with Crippen LogP contribution in [-0.2, 0) is 13.0 Å². The molecule has 0 saturated carbocycles. The Morgan fingerprint density at radius 2 is 2.24 bits per heavy atom. The molecule has 2 aromatic heterocycles. The van der Waals surface area contributed by atoms with Crippen LogP contribution in [0.1, 0.15) is 27.3 Å². The third-order valence-corrected chi connectivity index (χ3v) is 4.93. The van der Waals surface area contributed by atoms with E-state index in [0.717, 1.165) is 46.8 Å². The molecule has 1 aromatic carbocycles. The Bertz CT molecular complexity index is 899. The van der Waals surface area contributed by atoms with Crippen molar-refractivity contribution in [2.45, 2.75) is 19.4 Å². The number of imidazole rings is 1. The Morgan fingerprint density at radius 3 is 3.04 bits per heavy atom. The molecular weight excluding hydrogens is 334 g/mol. The quantitative estimate of drug-likeness (QED) is 0.659. The van der Waals surface area contributed by atoms with Crippen LogP contribution >= 0.6 is 11.3 Å². The van der Waals surface area contributed by atoms with E-state index in [9.17, 15) is 4.79 Å². The minimum atomic E-state index is 0.0985. The fraction of sp³-hybridized carbons (Fsp3) is 0.211. The summed E-state index contributed by atoms with van der Waals surface area (Å²) in [7, 11) is 0. The Morgan fingerprint density at radius 1 is 1.28 bits per heavy atom. The molecule has 1 aliphatic carbocycles. The molecule has 0 bridgehead atoms. The standard InChI is InChI=1S/C19H17N3O2S/c23-19-15(12-18-21-6-10-25-18)2-1-14-11-16(3-4-17(14)19)24-9-8-22-7-5-20-13-22/h3-7,10-13H,1-2,8-9H2. The summed E-state index contributed by atoms with van der Waals surface area (Å²) in [6.07, 6.45) is 10.7. The summed E-state index contributed by atoms with van der Waals surface area (Å²) in [6.45, 7) is 1.31. The number of hydrogen-bond acceptors (Lipinski definition) is 5. The van der Waals surface area contributed by atoms with Crippen LogP contribution in [0, 0.1) is 0 Å². The maximum atomic E-state index is 12.7. The molecule has 2 heterocycles. The number of aryl methyl sites for hydroxylation is 1. The fourth-order valence-electron chi connectivity index (χ4n) is 2.92. The van der Waals surface area contributed by atoms with Crippen molar-refractivity contribution in [1.82, 2.24) is 14.5 Å². The first-order chi connectivity index (χ1) is 12.3. The molecule has 1 aliphatic rings. The first-order valence-electron chi connectivity index (χ1n) is 8.16. The third-order valence-electron chi connectivity index (χ3n) is 4.20. The normalized spacial score (nSPS) is 15.4. The van der Waals surface area contributed by atoms with Crippen molar-refractivity contribution in [3.05, 3.63) is 70.2 Å². The lowest BCUT2D eigenvalue weighted by atomic mass is 9.86. The number of allylic oxidation sites excluding steroid dienone is 1. The van der Waals surface area contributed by atoms with E-state index < -0.39 is 0 Å². The number of hydrogen-bond donors (Lipinski definition) is 0. The fourth-order valence-corrected chi connectivity index (χ4v) is 3.52. The number of Topliss-reactive ketones (excluding diaryl/α,β-unsaturated/α-hetero) is 1. The van der Waals surface area contributed by atoms with E-state index in [2.05, 4.69) is 9.97 Å². The third kappa shape index (κ3) is 3.53. The van der Waals surface area contributed by atoms with Gasteiger partial charge in [0.1, 0.15) is 17.4 Å². The lowest BCUT2D eigenvalue weighted by Gasteiger charge is -2.18. The Hall–Kier alpha value is -2.73. The van der Waals surface area contributed by atoms with Gasteiger partial charge >= 0.3 is 0 Å². The summed E-state index contributed by atoms with van der Waals surface area (Å²) in [5.74, 6) is 0.903. The van der Waals surface area contributed by atoms with Crippen molar-refractivity contribution in [2.75, 3.05) is 6.61 Å². The molecule has 126 valence electrons. The summed E-state index contributed by atoms with van der Waals surface area (Å²) in [5, 5.41) is 2.80. The Kier molecular flexibility index (Phi) is 4.43. The predicted molar refractivity (Wildman–Crippen MR) is 96.9 cm³/mol. The van der Waals surface area contributed by atoms with E-state index in [4.69, 9.17) is 4.74 Å². The topological polar surface area (TPSA) is 57.0 Å².